The molecule has 0 spiro atoms. The lowest BCUT2D eigenvalue weighted by molar-refractivity contribution is -0.143. The van der Waals surface area contributed by atoms with Crippen LogP contribution in [-0.2, 0) is 22.4 Å². The van der Waals surface area contributed by atoms with E-state index in [1.165, 1.54) is 0 Å². The number of carbonyl (C=O) groups excluding carboxylic acids is 1. The number of benzene rings is 3. The topological polar surface area (TPSA) is 107 Å². The molecule has 0 radical (unpaired) electrons. The molecule has 3 atom stereocenters. The van der Waals surface area contributed by atoms with Crippen molar-refractivity contribution in [3.63, 3.8) is 0 Å². The minimum absolute atomic E-state index is 0.0293. The Kier molecular flexibility index (Phi) is 10.2. The van der Waals surface area contributed by atoms with Gasteiger partial charge in [0.05, 0.1) is 26.2 Å². The lowest BCUT2D eigenvalue weighted by Gasteiger charge is -2.27. The number of carbonyl (C=O) groups is 2. The molecule has 1 amide bonds. The Morgan fingerprint density at radius 1 is 1.00 bits per heavy atom. The Labute approximate surface area is 265 Å². The second-order valence-corrected chi connectivity index (χ2v) is 11.8. The number of aryl methyl sites for hydroxylation is 3. The zero-order chi connectivity index (χ0) is 32.1. The largest absolute Gasteiger partial charge is 0.494 e. The number of carboxylic acid groups (broad SMARTS) is 1. The molecule has 2 heterocycles. The van der Waals surface area contributed by atoms with Crippen LogP contribution in [0.1, 0.15) is 73.4 Å². The average Bonchev–Trinajstić information content (AvgIpc) is 3.66. The number of amides is 1. The van der Waals surface area contributed by atoms with E-state index in [1.807, 2.05) is 41.3 Å². The number of nitrogens with one attached hydrogen (secondary N) is 1. The summed E-state index contributed by atoms with van der Waals surface area (Å²) in [7, 11) is 1.55. The van der Waals surface area contributed by atoms with Crippen molar-refractivity contribution in [3.8, 4) is 23.0 Å². The SMILES string of the molecule is CCCCOc1ccc([C@H]2[C@H](C(=O)O)[C@@H](c3cc(OC)c4c(c3)OCO4)CN2CC(=O)Nc2c(CC)cc(C)cc2CC)cc1. The summed E-state index contributed by atoms with van der Waals surface area (Å²) < 4.78 is 22.7. The minimum Gasteiger partial charge on any atom is -0.494 e. The monoisotopic (exact) mass is 616 g/mol. The first-order valence-corrected chi connectivity index (χ1v) is 15.9. The fourth-order valence-electron chi connectivity index (χ4n) is 6.61. The van der Waals surface area contributed by atoms with Crippen molar-refractivity contribution < 1.29 is 33.6 Å². The number of likely N-dealkylation sites (tertiary alicyclic amines) is 1. The zero-order valence-corrected chi connectivity index (χ0v) is 26.9. The molecule has 2 aliphatic heterocycles. The van der Waals surface area contributed by atoms with Crippen LogP contribution in [0.2, 0.25) is 0 Å². The van der Waals surface area contributed by atoms with E-state index in [2.05, 4.69) is 45.1 Å². The van der Waals surface area contributed by atoms with Gasteiger partial charge in [-0.2, -0.15) is 0 Å². The molecule has 9 heteroatoms. The maximum atomic E-state index is 13.8. The van der Waals surface area contributed by atoms with E-state index in [9.17, 15) is 14.7 Å². The number of hydrogen-bond donors (Lipinski definition) is 2. The highest BCUT2D eigenvalue weighted by atomic mass is 16.7. The fraction of sp³-hybridized carbons (Fsp3) is 0.444. The summed E-state index contributed by atoms with van der Waals surface area (Å²) in [6.07, 6.45) is 3.57. The van der Waals surface area contributed by atoms with Crippen LogP contribution >= 0.6 is 0 Å². The molecule has 0 aliphatic carbocycles. The number of aliphatic carboxylic acids is 1. The third kappa shape index (κ3) is 6.88. The summed E-state index contributed by atoms with van der Waals surface area (Å²) in [6, 6.07) is 14.9. The van der Waals surface area contributed by atoms with Crippen molar-refractivity contribution >= 4 is 17.6 Å². The summed E-state index contributed by atoms with van der Waals surface area (Å²) >= 11 is 0. The van der Waals surface area contributed by atoms with E-state index >= 15 is 0 Å². The van der Waals surface area contributed by atoms with E-state index in [4.69, 9.17) is 18.9 Å². The van der Waals surface area contributed by atoms with E-state index in [0.29, 0.717) is 30.4 Å². The molecule has 2 N–H and O–H groups in total. The van der Waals surface area contributed by atoms with E-state index in [1.54, 1.807) is 7.11 Å². The normalized spacial score (nSPS) is 19.0. The Bertz CT molecular complexity index is 1500. The predicted octanol–water partition coefficient (Wildman–Crippen LogP) is 6.52. The standard InChI is InChI=1S/C36H44N2O7/c1-6-9-14-43-27-12-10-25(11-13-27)34-32(36(40)41)28(26-17-29(42-5)35-30(18-26)44-21-45-35)19-38(34)20-31(39)37-33-23(7-2)15-22(4)16-24(33)8-3/h10-13,15-18,28,32,34H,6-9,14,19-21H2,1-5H3,(H,37,39)(H,40,41)/t28-,32-,34+/m1/s1. The van der Waals surface area contributed by atoms with Crippen LogP contribution in [0, 0.1) is 12.8 Å². The van der Waals surface area contributed by atoms with Crippen molar-refractivity contribution in [2.45, 2.75) is 65.3 Å². The summed E-state index contributed by atoms with van der Waals surface area (Å²) in [5, 5.41) is 13.9. The van der Waals surface area contributed by atoms with Gasteiger partial charge in [-0.25, -0.2) is 0 Å². The van der Waals surface area contributed by atoms with Gasteiger partial charge in [-0.3, -0.25) is 14.5 Å². The second-order valence-electron chi connectivity index (χ2n) is 11.8. The molecule has 0 bridgehead atoms. The molecule has 240 valence electrons. The summed E-state index contributed by atoms with van der Waals surface area (Å²) in [5.41, 5.74) is 5.76. The van der Waals surface area contributed by atoms with Crippen molar-refractivity contribution in [2.24, 2.45) is 5.92 Å². The van der Waals surface area contributed by atoms with E-state index in [-0.39, 0.29) is 19.2 Å². The first kappa shape index (κ1) is 32.2. The van der Waals surface area contributed by atoms with Crippen LogP contribution in [0.5, 0.6) is 23.0 Å². The number of anilines is 1. The molecule has 2 aliphatic rings. The smallest absolute Gasteiger partial charge is 0.309 e. The molecule has 5 rings (SSSR count). The maximum Gasteiger partial charge on any atom is 0.309 e. The molecule has 1 fully saturated rings. The highest BCUT2D eigenvalue weighted by Crippen LogP contribution is 2.50. The zero-order valence-electron chi connectivity index (χ0n) is 26.9. The van der Waals surface area contributed by atoms with Crippen molar-refractivity contribution in [1.82, 2.24) is 4.90 Å². The molecule has 0 aromatic heterocycles. The molecule has 0 unspecified atom stereocenters. The van der Waals surface area contributed by atoms with Gasteiger partial charge in [-0.1, -0.05) is 57.0 Å². The third-order valence-corrected chi connectivity index (χ3v) is 8.80. The van der Waals surface area contributed by atoms with Gasteiger partial charge in [0.15, 0.2) is 11.5 Å². The van der Waals surface area contributed by atoms with Crippen molar-refractivity contribution in [3.05, 3.63) is 76.3 Å². The van der Waals surface area contributed by atoms with Crippen molar-refractivity contribution in [1.29, 1.82) is 0 Å². The molecule has 0 saturated carbocycles. The van der Waals surface area contributed by atoms with Gasteiger partial charge in [0.25, 0.3) is 0 Å². The van der Waals surface area contributed by atoms with Crippen LogP contribution in [0.15, 0.2) is 48.5 Å². The Morgan fingerprint density at radius 2 is 1.71 bits per heavy atom. The number of fused-ring (bicyclic) bond motifs is 1. The van der Waals surface area contributed by atoms with Gasteiger partial charge in [-0.15, -0.1) is 0 Å². The first-order valence-electron chi connectivity index (χ1n) is 15.9. The molecule has 9 nitrogen and oxygen atoms in total. The van der Waals surface area contributed by atoms with Crippen LogP contribution in [0.25, 0.3) is 0 Å². The third-order valence-electron chi connectivity index (χ3n) is 8.80. The van der Waals surface area contributed by atoms with E-state index in [0.717, 1.165) is 64.9 Å². The van der Waals surface area contributed by atoms with Gasteiger partial charge in [0.1, 0.15) is 5.75 Å². The average molecular weight is 617 g/mol. The summed E-state index contributed by atoms with van der Waals surface area (Å²) in [6.45, 7) is 9.41. The molecule has 3 aromatic carbocycles. The van der Waals surface area contributed by atoms with Gasteiger partial charge in [-0.05, 0) is 72.7 Å². The number of carboxylic acids is 1. The molecular weight excluding hydrogens is 572 g/mol. The number of ether oxygens (including phenoxy) is 4. The van der Waals surface area contributed by atoms with Crippen LogP contribution in [-0.4, -0.2) is 55.5 Å². The Morgan fingerprint density at radius 3 is 2.33 bits per heavy atom. The predicted molar refractivity (Wildman–Crippen MR) is 173 cm³/mol. The molecule has 3 aromatic rings. The van der Waals surface area contributed by atoms with Gasteiger partial charge < -0.3 is 29.4 Å². The number of methoxy groups -OCH3 is 1. The fourth-order valence-corrected chi connectivity index (χ4v) is 6.61. The Hall–Kier alpha value is -4.24. The number of unbranched alkanes of at least 4 members (excludes halogenated alkanes) is 1. The molecule has 45 heavy (non-hydrogen) atoms. The second kappa shape index (κ2) is 14.2. The lowest BCUT2D eigenvalue weighted by atomic mass is 9.82. The number of hydrogen-bond acceptors (Lipinski definition) is 7. The summed E-state index contributed by atoms with van der Waals surface area (Å²) in [5.74, 6) is -0.148. The van der Waals surface area contributed by atoms with Crippen LogP contribution in [0.3, 0.4) is 0 Å². The first-order chi connectivity index (χ1) is 21.8. The highest BCUT2D eigenvalue weighted by molar-refractivity contribution is 5.94. The van der Waals surface area contributed by atoms with Crippen LogP contribution in [0.4, 0.5) is 5.69 Å². The molecular formula is C36H44N2O7. The van der Waals surface area contributed by atoms with Crippen LogP contribution < -0.4 is 24.3 Å². The van der Waals surface area contributed by atoms with Gasteiger partial charge in [0.2, 0.25) is 18.4 Å². The maximum absolute atomic E-state index is 13.8. The lowest BCUT2D eigenvalue weighted by Crippen LogP contribution is -2.35. The number of rotatable bonds is 13. The number of nitrogens with zero attached hydrogens (tertiary/aromatic N) is 1. The molecule has 1 saturated heterocycles. The summed E-state index contributed by atoms with van der Waals surface area (Å²) in [4.78, 5) is 28.8. The van der Waals surface area contributed by atoms with E-state index < -0.39 is 23.8 Å². The van der Waals surface area contributed by atoms with Crippen molar-refractivity contribution in [2.75, 3.05) is 38.9 Å². The highest BCUT2D eigenvalue weighted by Gasteiger charge is 2.48. The quantitative estimate of drug-likeness (QED) is 0.209. The van der Waals surface area contributed by atoms with Gasteiger partial charge >= 0.3 is 5.97 Å². The Balaban J connectivity index is 1.50. The minimum atomic E-state index is -0.937. The van der Waals surface area contributed by atoms with Gasteiger partial charge in [0, 0.05) is 24.2 Å².